The van der Waals surface area contributed by atoms with E-state index in [1.54, 1.807) is 25.2 Å². The summed E-state index contributed by atoms with van der Waals surface area (Å²) in [6.45, 7) is 0.778. The van der Waals surface area contributed by atoms with Crippen LogP contribution in [0, 0.1) is 5.92 Å². The number of likely N-dealkylation sites (tertiary alicyclic amines) is 1. The van der Waals surface area contributed by atoms with Crippen LogP contribution in [0.1, 0.15) is 18.4 Å². The second-order valence-electron chi connectivity index (χ2n) is 5.21. The van der Waals surface area contributed by atoms with E-state index >= 15 is 0 Å². The van der Waals surface area contributed by atoms with Gasteiger partial charge in [0.05, 0.1) is 27.2 Å². The minimum atomic E-state index is -0.265. The summed E-state index contributed by atoms with van der Waals surface area (Å²) in [5, 5.41) is 0. The molecule has 0 spiro atoms. The van der Waals surface area contributed by atoms with Gasteiger partial charge in [0.15, 0.2) is 0 Å². The van der Waals surface area contributed by atoms with Crippen LogP contribution in [0.5, 0.6) is 11.5 Å². The molecule has 1 aliphatic rings. The molecule has 1 atom stereocenters. The van der Waals surface area contributed by atoms with E-state index < -0.39 is 0 Å². The first-order valence-corrected chi connectivity index (χ1v) is 7.15. The van der Waals surface area contributed by atoms with Crippen molar-refractivity contribution in [3.8, 4) is 11.5 Å². The van der Waals surface area contributed by atoms with Gasteiger partial charge in [0.25, 0.3) is 0 Å². The molecule has 6 heteroatoms. The summed E-state index contributed by atoms with van der Waals surface area (Å²) >= 11 is 0. The third kappa shape index (κ3) is 3.50. The van der Waals surface area contributed by atoms with Gasteiger partial charge in [0.1, 0.15) is 11.5 Å². The number of amides is 1. The van der Waals surface area contributed by atoms with Crippen LogP contribution in [0.4, 0.5) is 0 Å². The van der Waals surface area contributed by atoms with Crippen LogP contribution in [-0.2, 0) is 20.9 Å². The highest BCUT2D eigenvalue weighted by Gasteiger charge is 2.31. The Bertz CT molecular complexity index is 557. The van der Waals surface area contributed by atoms with Crippen LogP contribution in [0.3, 0.4) is 0 Å². The normalized spacial score (nSPS) is 18.0. The molecule has 0 aliphatic carbocycles. The van der Waals surface area contributed by atoms with Crippen LogP contribution in [0.25, 0.3) is 0 Å². The van der Waals surface area contributed by atoms with Gasteiger partial charge in [-0.1, -0.05) is 0 Å². The molecular formula is C16H21NO5. The molecule has 22 heavy (non-hydrogen) atoms. The summed E-state index contributed by atoms with van der Waals surface area (Å²) in [5.41, 5.74) is 0.877. The van der Waals surface area contributed by atoms with Gasteiger partial charge in [-0.15, -0.1) is 0 Å². The number of esters is 1. The largest absolute Gasteiger partial charge is 0.497 e. The smallest absolute Gasteiger partial charge is 0.310 e. The van der Waals surface area contributed by atoms with Crippen molar-refractivity contribution in [3.63, 3.8) is 0 Å². The fourth-order valence-corrected chi connectivity index (χ4v) is 2.61. The highest BCUT2D eigenvalue weighted by molar-refractivity contribution is 5.81. The van der Waals surface area contributed by atoms with Gasteiger partial charge in [-0.2, -0.15) is 0 Å². The van der Waals surface area contributed by atoms with E-state index in [2.05, 4.69) is 0 Å². The lowest BCUT2D eigenvalue weighted by Gasteiger charge is -2.31. The first-order chi connectivity index (χ1) is 10.6. The van der Waals surface area contributed by atoms with Crippen molar-refractivity contribution < 1.29 is 23.8 Å². The number of benzene rings is 1. The predicted molar refractivity (Wildman–Crippen MR) is 79.7 cm³/mol. The zero-order valence-electron chi connectivity index (χ0n) is 13.1. The van der Waals surface area contributed by atoms with Crippen LogP contribution >= 0.6 is 0 Å². The monoisotopic (exact) mass is 307 g/mol. The molecule has 1 aromatic carbocycles. The van der Waals surface area contributed by atoms with Crippen molar-refractivity contribution >= 4 is 11.9 Å². The second-order valence-corrected chi connectivity index (χ2v) is 5.21. The molecule has 1 amide bonds. The van der Waals surface area contributed by atoms with Gasteiger partial charge in [-0.25, -0.2) is 0 Å². The Morgan fingerprint density at radius 2 is 2.05 bits per heavy atom. The number of hydrogen-bond acceptors (Lipinski definition) is 5. The number of rotatable bonds is 5. The third-order valence-corrected chi connectivity index (χ3v) is 3.89. The van der Waals surface area contributed by atoms with Crippen molar-refractivity contribution in [1.29, 1.82) is 0 Å². The van der Waals surface area contributed by atoms with Crippen molar-refractivity contribution in [2.24, 2.45) is 5.92 Å². The Morgan fingerprint density at radius 1 is 1.27 bits per heavy atom. The first kappa shape index (κ1) is 16.1. The Balaban J connectivity index is 2.14. The van der Waals surface area contributed by atoms with Gasteiger partial charge in [-0.05, 0) is 18.6 Å². The van der Waals surface area contributed by atoms with Crippen molar-refractivity contribution in [2.75, 3.05) is 27.9 Å². The van der Waals surface area contributed by atoms with Gasteiger partial charge in [0, 0.05) is 31.1 Å². The zero-order valence-corrected chi connectivity index (χ0v) is 13.1. The standard InChI is InChI=1S/C16H21NO5/c1-20-13-6-4-11(14(8-13)21-2)9-17-10-12(16(19)22-3)5-7-15(17)18/h4,6,8,12H,5,7,9-10H2,1-3H3/t12-/m0/s1. The van der Waals surface area contributed by atoms with Gasteiger partial charge >= 0.3 is 5.97 Å². The molecule has 120 valence electrons. The highest BCUT2D eigenvalue weighted by Crippen LogP contribution is 2.28. The Kier molecular flexibility index (Phi) is 5.25. The number of carbonyl (C=O) groups excluding carboxylic acids is 2. The van der Waals surface area contributed by atoms with Crippen LogP contribution < -0.4 is 9.47 Å². The van der Waals surface area contributed by atoms with Crippen LogP contribution in [0.15, 0.2) is 18.2 Å². The number of ether oxygens (including phenoxy) is 3. The fraction of sp³-hybridized carbons (Fsp3) is 0.500. The minimum Gasteiger partial charge on any atom is -0.497 e. The average Bonchev–Trinajstić information content (AvgIpc) is 2.56. The molecule has 6 nitrogen and oxygen atoms in total. The highest BCUT2D eigenvalue weighted by atomic mass is 16.5. The third-order valence-electron chi connectivity index (χ3n) is 3.89. The molecule has 0 bridgehead atoms. The maximum absolute atomic E-state index is 12.1. The Hall–Kier alpha value is -2.24. The number of nitrogens with zero attached hydrogens (tertiary/aromatic N) is 1. The molecule has 1 heterocycles. The number of hydrogen-bond donors (Lipinski definition) is 0. The van der Waals surface area contributed by atoms with E-state index in [4.69, 9.17) is 14.2 Å². The zero-order chi connectivity index (χ0) is 16.1. The molecule has 1 saturated heterocycles. The Morgan fingerprint density at radius 3 is 2.68 bits per heavy atom. The Labute approximate surface area is 129 Å². The quantitative estimate of drug-likeness (QED) is 0.773. The number of carbonyl (C=O) groups is 2. The summed E-state index contributed by atoms with van der Waals surface area (Å²) in [7, 11) is 4.53. The SMILES string of the molecule is COC(=O)[C@H]1CCC(=O)N(Cc2ccc(OC)cc2OC)C1. The molecule has 2 rings (SSSR count). The average molecular weight is 307 g/mol. The van der Waals surface area contributed by atoms with Crippen molar-refractivity contribution in [1.82, 2.24) is 4.90 Å². The first-order valence-electron chi connectivity index (χ1n) is 7.15. The summed E-state index contributed by atoms with van der Waals surface area (Å²) in [6.07, 6.45) is 0.903. The van der Waals surface area contributed by atoms with Crippen LogP contribution in [-0.4, -0.2) is 44.7 Å². The number of methoxy groups -OCH3 is 3. The molecule has 0 unspecified atom stereocenters. The molecule has 0 aromatic heterocycles. The van der Waals surface area contributed by atoms with E-state index in [0.717, 1.165) is 5.56 Å². The maximum atomic E-state index is 12.1. The molecule has 1 aliphatic heterocycles. The topological polar surface area (TPSA) is 65.1 Å². The minimum absolute atomic E-state index is 0.0398. The van der Waals surface area contributed by atoms with Gasteiger partial charge in [0.2, 0.25) is 5.91 Å². The lowest BCUT2D eigenvalue weighted by atomic mass is 9.97. The summed E-state index contributed by atoms with van der Waals surface area (Å²) < 4.78 is 15.3. The lowest BCUT2D eigenvalue weighted by molar-refractivity contribution is -0.150. The molecule has 0 saturated carbocycles. The molecule has 1 aromatic rings. The summed E-state index contributed by atoms with van der Waals surface area (Å²) in [4.78, 5) is 25.4. The van der Waals surface area contributed by atoms with Gasteiger partial charge < -0.3 is 19.1 Å². The van der Waals surface area contributed by atoms with E-state index in [1.807, 2.05) is 12.1 Å². The number of piperidine rings is 1. The molecule has 0 N–H and O–H groups in total. The summed E-state index contributed by atoms with van der Waals surface area (Å²) in [6, 6.07) is 5.47. The second kappa shape index (κ2) is 7.15. The van der Waals surface area contributed by atoms with Gasteiger partial charge in [-0.3, -0.25) is 9.59 Å². The predicted octanol–water partition coefficient (Wildman–Crippen LogP) is 1.62. The lowest BCUT2D eigenvalue weighted by Crippen LogP contribution is -2.42. The van der Waals surface area contributed by atoms with E-state index in [0.29, 0.717) is 37.4 Å². The van der Waals surface area contributed by atoms with Crippen molar-refractivity contribution in [2.45, 2.75) is 19.4 Å². The molecule has 0 radical (unpaired) electrons. The fourth-order valence-electron chi connectivity index (χ4n) is 2.61. The van der Waals surface area contributed by atoms with E-state index in [9.17, 15) is 9.59 Å². The molecule has 1 fully saturated rings. The van der Waals surface area contributed by atoms with E-state index in [-0.39, 0.29) is 17.8 Å². The van der Waals surface area contributed by atoms with E-state index in [1.165, 1.54) is 7.11 Å². The van der Waals surface area contributed by atoms with Crippen molar-refractivity contribution in [3.05, 3.63) is 23.8 Å². The summed E-state index contributed by atoms with van der Waals surface area (Å²) in [5.74, 6) is 0.870. The molecular weight excluding hydrogens is 286 g/mol. The maximum Gasteiger partial charge on any atom is 0.310 e. The van der Waals surface area contributed by atoms with Crippen LogP contribution in [0.2, 0.25) is 0 Å².